The number of nitrogens with two attached hydrogens (primary N) is 1. The average Bonchev–Trinajstić information content (AvgIpc) is 2.73. The van der Waals surface area contributed by atoms with Crippen molar-refractivity contribution in [2.75, 3.05) is 22.5 Å². The molecule has 1 aromatic carbocycles. The zero-order valence-corrected chi connectivity index (χ0v) is 12.1. The fraction of sp³-hybridized carbons (Fsp3) is 0.385. The molecular formula is C13H15BrN2O3. The Bertz CT molecular complexity index is 545. The molecule has 0 aliphatic carbocycles. The monoisotopic (exact) mass is 326 g/mol. The molecule has 1 aromatic rings. The van der Waals surface area contributed by atoms with Crippen LogP contribution in [0.25, 0.3) is 0 Å². The van der Waals surface area contributed by atoms with Crippen LogP contribution in [0, 0.1) is 12.8 Å². The minimum Gasteiger partial charge on any atom is -0.478 e. The van der Waals surface area contributed by atoms with Gasteiger partial charge in [-0.2, -0.15) is 0 Å². The first-order valence-electron chi connectivity index (χ1n) is 5.93. The molecule has 0 radical (unpaired) electrons. The largest absolute Gasteiger partial charge is 0.478 e. The van der Waals surface area contributed by atoms with E-state index in [1.807, 2.05) is 0 Å². The number of halogens is 1. The topological polar surface area (TPSA) is 83.6 Å². The maximum absolute atomic E-state index is 12.0. The predicted octanol–water partition coefficient (Wildman–Crippen LogP) is 2.02. The number of amides is 1. The maximum Gasteiger partial charge on any atom is 0.335 e. The summed E-state index contributed by atoms with van der Waals surface area (Å²) in [6, 6.07) is 2.94. The van der Waals surface area contributed by atoms with Crippen LogP contribution in [0.15, 0.2) is 12.1 Å². The van der Waals surface area contributed by atoms with E-state index in [4.69, 9.17) is 10.8 Å². The van der Waals surface area contributed by atoms with Crippen molar-refractivity contribution in [3.63, 3.8) is 0 Å². The molecule has 1 aliphatic heterocycles. The third kappa shape index (κ3) is 2.58. The Balaban J connectivity index is 2.44. The molecule has 1 heterocycles. The molecule has 0 aromatic heterocycles. The lowest BCUT2D eigenvalue weighted by Gasteiger charge is -2.20. The molecular weight excluding hydrogens is 312 g/mol. The highest BCUT2D eigenvalue weighted by Crippen LogP contribution is 2.32. The van der Waals surface area contributed by atoms with Gasteiger partial charge < -0.3 is 15.7 Å². The van der Waals surface area contributed by atoms with E-state index in [9.17, 15) is 9.59 Å². The van der Waals surface area contributed by atoms with Crippen LogP contribution in [-0.4, -0.2) is 28.9 Å². The molecule has 2 rings (SSSR count). The van der Waals surface area contributed by atoms with E-state index in [1.54, 1.807) is 11.8 Å². The lowest BCUT2D eigenvalue weighted by Crippen LogP contribution is -2.26. The Labute approximate surface area is 119 Å². The van der Waals surface area contributed by atoms with E-state index in [-0.39, 0.29) is 17.4 Å². The van der Waals surface area contributed by atoms with Crippen molar-refractivity contribution < 1.29 is 14.7 Å². The summed E-state index contributed by atoms with van der Waals surface area (Å²) in [4.78, 5) is 24.7. The van der Waals surface area contributed by atoms with Gasteiger partial charge in [0.25, 0.3) is 0 Å². The predicted molar refractivity (Wildman–Crippen MR) is 76.8 cm³/mol. The van der Waals surface area contributed by atoms with Gasteiger partial charge in [-0.1, -0.05) is 15.9 Å². The van der Waals surface area contributed by atoms with Gasteiger partial charge in [0.1, 0.15) is 0 Å². The number of hydrogen-bond acceptors (Lipinski definition) is 3. The quantitative estimate of drug-likeness (QED) is 0.657. The molecule has 1 amide bonds. The Morgan fingerprint density at radius 3 is 2.79 bits per heavy atom. The van der Waals surface area contributed by atoms with E-state index in [2.05, 4.69) is 15.9 Å². The van der Waals surface area contributed by atoms with Crippen molar-refractivity contribution in [1.29, 1.82) is 0 Å². The number of nitrogen functional groups attached to an aromatic ring is 1. The van der Waals surface area contributed by atoms with Gasteiger partial charge >= 0.3 is 5.97 Å². The van der Waals surface area contributed by atoms with Crippen LogP contribution < -0.4 is 10.6 Å². The van der Waals surface area contributed by atoms with Crippen molar-refractivity contribution >= 4 is 39.2 Å². The van der Waals surface area contributed by atoms with Gasteiger partial charge in [-0.05, 0) is 30.5 Å². The number of benzene rings is 1. The van der Waals surface area contributed by atoms with Gasteiger partial charge in [-0.25, -0.2) is 4.79 Å². The number of nitrogens with zero attached hydrogens (tertiary/aromatic N) is 1. The molecule has 1 atom stereocenters. The van der Waals surface area contributed by atoms with Gasteiger partial charge in [0.2, 0.25) is 5.91 Å². The number of alkyl halides is 1. The summed E-state index contributed by atoms with van der Waals surface area (Å²) in [5, 5.41) is 9.82. The standard InChI is InChI=1S/C13H15BrN2O3/c1-7-10(15)3-9(13(18)19)4-11(7)16-6-8(5-14)2-12(16)17/h3-4,8H,2,5-6,15H2,1H3,(H,18,19). The molecule has 1 fully saturated rings. The first-order chi connectivity index (χ1) is 8.93. The summed E-state index contributed by atoms with van der Waals surface area (Å²) in [6.07, 6.45) is 0.474. The van der Waals surface area contributed by atoms with Gasteiger partial charge in [0.15, 0.2) is 0 Å². The Kier molecular flexibility index (Phi) is 3.80. The first kappa shape index (κ1) is 13.9. The van der Waals surface area contributed by atoms with Crippen LogP contribution in [0.3, 0.4) is 0 Å². The van der Waals surface area contributed by atoms with Gasteiger partial charge in [-0.3, -0.25) is 4.79 Å². The van der Waals surface area contributed by atoms with Crippen LogP contribution >= 0.6 is 15.9 Å². The third-order valence-corrected chi connectivity index (χ3v) is 4.30. The summed E-state index contributed by atoms with van der Waals surface area (Å²) in [7, 11) is 0. The van der Waals surface area contributed by atoms with E-state index in [0.717, 1.165) is 10.9 Å². The van der Waals surface area contributed by atoms with E-state index in [0.29, 0.717) is 24.3 Å². The van der Waals surface area contributed by atoms with Crippen LogP contribution in [-0.2, 0) is 4.79 Å². The third-order valence-electron chi connectivity index (χ3n) is 3.38. The summed E-state index contributed by atoms with van der Waals surface area (Å²) >= 11 is 3.38. The summed E-state index contributed by atoms with van der Waals surface area (Å²) in [5.41, 5.74) is 7.67. The van der Waals surface area contributed by atoms with Crippen molar-refractivity contribution in [2.45, 2.75) is 13.3 Å². The molecule has 5 nitrogen and oxygen atoms in total. The molecule has 19 heavy (non-hydrogen) atoms. The van der Waals surface area contributed by atoms with E-state index < -0.39 is 5.97 Å². The van der Waals surface area contributed by atoms with Crippen molar-refractivity contribution in [3.05, 3.63) is 23.3 Å². The normalized spacial score (nSPS) is 18.9. The molecule has 1 saturated heterocycles. The van der Waals surface area contributed by atoms with Crippen molar-refractivity contribution in [2.24, 2.45) is 5.92 Å². The highest BCUT2D eigenvalue weighted by Gasteiger charge is 2.31. The van der Waals surface area contributed by atoms with Crippen LogP contribution in [0.2, 0.25) is 0 Å². The average molecular weight is 327 g/mol. The Hall–Kier alpha value is -1.56. The number of carboxylic acid groups (broad SMARTS) is 1. The Morgan fingerprint density at radius 2 is 2.26 bits per heavy atom. The second kappa shape index (κ2) is 5.21. The van der Waals surface area contributed by atoms with Crippen molar-refractivity contribution in [3.8, 4) is 0 Å². The maximum atomic E-state index is 12.0. The smallest absolute Gasteiger partial charge is 0.335 e. The van der Waals surface area contributed by atoms with Crippen LogP contribution in [0.5, 0.6) is 0 Å². The molecule has 6 heteroatoms. The number of aromatic carboxylic acids is 1. The number of carbonyl (C=O) groups excluding carboxylic acids is 1. The number of rotatable bonds is 3. The van der Waals surface area contributed by atoms with Gasteiger partial charge in [0, 0.05) is 29.7 Å². The van der Waals surface area contributed by atoms with Crippen molar-refractivity contribution in [1.82, 2.24) is 0 Å². The number of carbonyl (C=O) groups is 2. The highest BCUT2D eigenvalue weighted by atomic mass is 79.9. The second-order valence-corrected chi connectivity index (χ2v) is 5.39. The van der Waals surface area contributed by atoms with E-state index >= 15 is 0 Å². The lowest BCUT2D eigenvalue weighted by atomic mass is 10.1. The SMILES string of the molecule is Cc1c(N)cc(C(=O)O)cc1N1CC(CBr)CC1=O. The number of hydrogen-bond donors (Lipinski definition) is 2. The zero-order chi connectivity index (χ0) is 14.2. The zero-order valence-electron chi connectivity index (χ0n) is 10.5. The van der Waals surface area contributed by atoms with Crippen LogP contribution in [0.1, 0.15) is 22.3 Å². The minimum atomic E-state index is -1.04. The first-order valence-corrected chi connectivity index (χ1v) is 7.06. The summed E-state index contributed by atoms with van der Waals surface area (Å²) in [6.45, 7) is 2.39. The molecule has 0 spiro atoms. The minimum absolute atomic E-state index is 0.00879. The Morgan fingerprint density at radius 1 is 1.58 bits per heavy atom. The molecule has 102 valence electrons. The molecule has 0 saturated carbocycles. The molecule has 1 unspecified atom stereocenters. The molecule has 1 aliphatic rings. The summed E-state index contributed by atoms with van der Waals surface area (Å²) in [5.74, 6) is -0.785. The fourth-order valence-corrected chi connectivity index (χ4v) is 2.68. The number of anilines is 2. The second-order valence-electron chi connectivity index (χ2n) is 4.74. The fourth-order valence-electron chi connectivity index (χ4n) is 2.24. The summed E-state index contributed by atoms with van der Waals surface area (Å²) < 4.78 is 0. The van der Waals surface area contributed by atoms with Gasteiger partial charge in [-0.15, -0.1) is 0 Å². The molecule has 0 bridgehead atoms. The lowest BCUT2D eigenvalue weighted by molar-refractivity contribution is -0.117. The van der Waals surface area contributed by atoms with E-state index in [1.165, 1.54) is 12.1 Å². The van der Waals surface area contributed by atoms with Crippen LogP contribution in [0.4, 0.5) is 11.4 Å². The highest BCUT2D eigenvalue weighted by molar-refractivity contribution is 9.09. The number of carboxylic acids is 1. The van der Waals surface area contributed by atoms with Gasteiger partial charge in [0.05, 0.1) is 5.56 Å². The molecule has 3 N–H and O–H groups in total.